The molecule has 8 heteroatoms. The van der Waals surface area contributed by atoms with Gasteiger partial charge in [0.25, 0.3) is 0 Å². The molecule has 1 aliphatic heterocycles. The van der Waals surface area contributed by atoms with Crippen LogP contribution in [0.25, 0.3) is 0 Å². The summed E-state index contributed by atoms with van der Waals surface area (Å²) in [5, 5.41) is 9.18. The van der Waals surface area contributed by atoms with E-state index in [1.807, 2.05) is 18.2 Å². The highest BCUT2D eigenvalue weighted by Crippen LogP contribution is 2.31. The monoisotopic (exact) mass is 525 g/mol. The summed E-state index contributed by atoms with van der Waals surface area (Å²) < 4.78 is 29.8. The van der Waals surface area contributed by atoms with E-state index in [0.29, 0.717) is 35.0 Å². The summed E-state index contributed by atoms with van der Waals surface area (Å²) >= 11 is 6.75. The van der Waals surface area contributed by atoms with Crippen molar-refractivity contribution in [3.63, 3.8) is 0 Å². The molecule has 1 heterocycles. The topological polar surface area (TPSA) is 64.4 Å². The molecular weight excluding hydrogens is 506 g/mol. The summed E-state index contributed by atoms with van der Waals surface area (Å²) in [5.74, 6) is 0. The Hall–Kier alpha value is -1.40. The van der Waals surface area contributed by atoms with Gasteiger partial charge >= 0.3 is 0 Å². The van der Waals surface area contributed by atoms with Crippen LogP contribution in [0.5, 0.6) is 0 Å². The Morgan fingerprint density at radius 3 is 2.61 bits per heavy atom. The van der Waals surface area contributed by atoms with Crippen LogP contribution in [0.4, 0.5) is 0 Å². The SMILES string of the molecule is N#CN1CCC(N(CCCc2ccccc2)S(=O)(=O)c2cc(Br)ccc2Br)C1. The Bertz CT molecular complexity index is 961. The number of hydrogen-bond acceptors (Lipinski definition) is 4. The Kier molecular flexibility index (Phi) is 7.15. The van der Waals surface area contributed by atoms with Crippen molar-refractivity contribution in [1.82, 2.24) is 9.21 Å². The van der Waals surface area contributed by atoms with E-state index in [2.05, 4.69) is 50.2 Å². The molecule has 28 heavy (non-hydrogen) atoms. The molecule has 3 rings (SSSR count). The number of rotatable bonds is 7. The maximum Gasteiger partial charge on any atom is 0.244 e. The van der Waals surface area contributed by atoms with Gasteiger partial charge in [0, 0.05) is 34.6 Å². The van der Waals surface area contributed by atoms with Crippen molar-refractivity contribution in [2.24, 2.45) is 0 Å². The molecule has 5 nitrogen and oxygen atoms in total. The normalized spacial score (nSPS) is 17.1. The summed E-state index contributed by atoms with van der Waals surface area (Å²) in [6.45, 7) is 1.44. The standard InChI is InChI=1S/C20H21Br2N3O2S/c21-17-8-9-19(22)20(13-17)28(26,27)25(18-10-12-24(14-18)15-23)11-4-7-16-5-2-1-3-6-16/h1-3,5-6,8-9,13,18H,4,7,10-12,14H2. The minimum absolute atomic E-state index is 0.202. The van der Waals surface area contributed by atoms with Crippen LogP contribution in [-0.4, -0.2) is 43.3 Å². The molecule has 1 atom stereocenters. The lowest BCUT2D eigenvalue weighted by Crippen LogP contribution is -2.42. The van der Waals surface area contributed by atoms with Gasteiger partial charge in [0.15, 0.2) is 6.19 Å². The molecule has 0 spiro atoms. The first kappa shape index (κ1) is 21.3. The first-order chi connectivity index (χ1) is 13.4. The van der Waals surface area contributed by atoms with Gasteiger partial charge in [0.1, 0.15) is 0 Å². The van der Waals surface area contributed by atoms with Crippen molar-refractivity contribution in [2.45, 2.75) is 30.2 Å². The molecule has 0 aliphatic carbocycles. The van der Waals surface area contributed by atoms with Crippen LogP contribution in [0, 0.1) is 11.5 Å². The fourth-order valence-corrected chi connectivity index (χ4v) is 6.60. The zero-order valence-corrected chi connectivity index (χ0v) is 19.2. The Morgan fingerprint density at radius 1 is 1.18 bits per heavy atom. The summed E-state index contributed by atoms with van der Waals surface area (Å²) in [7, 11) is -3.70. The van der Waals surface area contributed by atoms with Crippen LogP contribution in [0.1, 0.15) is 18.4 Å². The van der Waals surface area contributed by atoms with Crippen molar-refractivity contribution in [3.05, 3.63) is 63.0 Å². The van der Waals surface area contributed by atoms with Crippen LogP contribution in [0.15, 0.2) is 62.4 Å². The number of likely N-dealkylation sites (tertiary alicyclic amines) is 1. The van der Waals surface area contributed by atoms with Gasteiger partial charge < -0.3 is 4.90 Å². The fourth-order valence-electron chi connectivity index (χ4n) is 3.45. The summed E-state index contributed by atoms with van der Waals surface area (Å²) in [4.78, 5) is 1.87. The lowest BCUT2D eigenvalue weighted by atomic mass is 10.1. The summed E-state index contributed by atoms with van der Waals surface area (Å²) in [6.07, 6.45) is 4.32. The predicted molar refractivity (Wildman–Crippen MR) is 116 cm³/mol. The highest BCUT2D eigenvalue weighted by Gasteiger charge is 2.36. The van der Waals surface area contributed by atoms with Crippen molar-refractivity contribution < 1.29 is 8.42 Å². The zero-order chi connectivity index (χ0) is 20.1. The molecule has 0 bridgehead atoms. The number of nitrogens with zero attached hydrogens (tertiary/aromatic N) is 3. The van der Waals surface area contributed by atoms with Crippen LogP contribution in [0.2, 0.25) is 0 Å². The highest BCUT2D eigenvalue weighted by molar-refractivity contribution is 9.11. The molecule has 2 aromatic rings. The number of aryl methyl sites for hydroxylation is 1. The third kappa shape index (κ3) is 4.95. The summed E-state index contributed by atoms with van der Waals surface area (Å²) in [5.41, 5.74) is 1.19. The second kappa shape index (κ2) is 9.40. The highest BCUT2D eigenvalue weighted by atomic mass is 79.9. The predicted octanol–water partition coefficient (Wildman–Crippen LogP) is 4.39. The molecule has 1 saturated heterocycles. The van der Waals surface area contributed by atoms with E-state index in [-0.39, 0.29) is 10.9 Å². The third-order valence-electron chi connectivity index (χ3n) is 4.88. The van der Waals surface area contributed by atoms with Gasteiger partial charge in [-0.1, -0.05) is 46.3 Å². The van der Waals surface area contributed by atoms with Crippen molar-refractivity contribution in [3.8, 4) is 6.19 Å². The molecular formula is C20H21Br2N3O2S. The molecule has 1 aliphatic rings. The molecule has 1 unspecified atom stereocenters. The van der Waals surface area contributed by atoms with Gasteiger partial charge in [0.05, 0.1) is 4.90 Å². The van der Waals surface area contributed by atoms with Gasteiger partial charge in [-0.3, -0.25) is 0 Å². The first-order valence-corrected chi connectivity index (χ1v) is 12.1. The van der Waals surface area contributed by atoms with E-state index in [9.17, 15) is 13.7 Å². The first-order valence-electron chi connectivity index (χ1n) is 9.07. The van der Waals surface area contributed by atoms with Gasteiger partial charge in [0.2, 0.25) is 10.0 Å². The number of sulfonamides is 1. The van der Waals surface area contributed by atoms with E-state index in [4.69, 9.17) is 0 Å². The number of halogens is 2. The summed E-state index contributed by atoms with van der Waals surface area (Å²) in [6, 6.07) is 15.0. The molecule has 0 aromatic heterocycles. The van der Waals surface area contributed by atoms with Gasteiger partial charge in [-0.15, -0.1) is 0 Å². The van der Waals surface area contributed by atoms with E-state index in [0.717, 1.165) is 12.8 Å². The number of nitriles is 1. The van der Waals surface area contributed by atoms with E-state index in [1.54, 1.807) is 27.4 Å². The van der Waals surface area contributed by atoms with Gasteiger partial charge in [-0.2, -0.15) is 9.57 Å². The van der Waals surface area contributed by atoms with Crippen LogP contribution in [-0.2, 0) is 16.4 Å². The van der Waals surface area contributed by atoms with Crippen molar-refractivity contribution in [2.75, 3.05) is 19.6 Å². The smallest absolute Gasteiger partial charge is 0.244 e. The van der Waals surface area contributed by atoms with Gasteiger partial charge in [-0.05, 0) is 59.0 Å². The number of benzene rings is 2. The molecule has 1 fully saturated rings. The maximum absolute atomic E-state index is 13.5. The lowest BCUT2D eigenvalue weighted by molar-refractivity contribution is 0.316. The molecule has 0 saturated carbocycles. The molecule has 0 radical (unpaired) electrons. The van der Waals surface area contributed by atoms with Crippen molar-refractivity contribution in [1.29, 1.82) is 5.26 Å². The maximum atomic E-state index is 13.5. The molecule has 0 N–H and O–H groups in total. The largest absolute Gasteiger partial charge is 0.309 e. The fraction of sp³-hybridized carbons (Fsp3) is 0.350. The molecule has 2 aromatic carbocycles. The quantitative estimate of drug-likeness (QED) is 0.502. The minimum atomic E-state index is -3.70. The Labute approximate surface area is 183 Å². The third-order valence-corrected chi connectivity index (χ3v) is 8.32. The molecule has 0 amide bonds. The van der Waals surface area contributed by atoms with E-state index in [1.165, 1.54) is 5.56 Å². The van der Waals surface area contributed by atoms with E-state index < -0.39 is 10.0 Å². The van der Waals surface area contributed by atoms with Crippen molar-refractivity contribution >= 4 is 41.9 Å². The second-order valence-electron chi connectivity index (χ2n) is 6.77. The zero-order valence-electron chi connectivity index (χ0n) is 15.3. The van der Waals surface area contributed by atoms with Crippen LogP contribution >= 0.6 is 31.9 Å². The average Bonchev–Trinajstić information content (AvgIpc) is 3.16. The van der Waals surface area contributed by atoms with Crippen LogP contribution in [0.3, 0.4) is 0 Å². The number of hydrogen-bond donors (Lipinski definition) is 0. The minimum Gasteiger partial charge on any atom is -0.309 e. The Morgan fingerprint density at radius 2 is 1.93 bits per heavy atom. The Balaban J connectivity index is 1.85. The van der Waals surface area contributed by atoms with Gasteiger partial charge in [-0.25, -0.2) is 8.42 Å². The van der Waals surface area contributed by atoms with Crippen LogP contribution < -0.4 is 0 Å². The van der Waals surface area contributed by atoms with E-state index >= 15 is 0 Å². The lowest BCUT2D eigenvalue weighted by Gasteiger charge is -2.28. The molecule has 148 valence electrons. The second-order valence-corrected chi connectivity index (χ2v) is 10.4. The average molecular weight is 527 g/mol.